The zero-order valence-electron chi connectivity index (χ0n) is 10.5. The Hall–Kier alpha value is -1.69. The third kappa shape index (κ3) is 2.53. The van der Waals surface area contributed by atoms with Crippen molar-refractivity contribution in [3.05, 3.63) is 17.8 Å². The number of thiophene rings is 1. The van der Waals surface area contributed by atoms with E-state index < -0.39 is 0 Å². The predicted octanol–water partition coefficient (Wildman–Crippen LogP) is 2.15. The molecule has 1 aliphatic carbocycles. The zero-order valence-corrected chi connectivity index (χ0v) is 11.3. The lowest BCUT2D eigenvalue weighted by Crippen LogP contribution is -2.32. The van der Waals surface area contributed by atoms with Gasteiger partial charge in [-0.3, -0.25) is 4.79 Å². The van der Waals surface area contributed by atoms with Crippen LogP contribution in [0.25, 0.3) is 10.2 Å². The Kier molecular flexibility index (Phi) is 3.33. The van der Waals surface area contributed by atoms with Crippen LogP contribution in [0.15, 0.2) is 17.8 Å². The topological polar surface area (TPSA) is 80.9 Å². The van der Waals surface area contributed by atoms with Crippen LogP contribution in [0.4, 0.5) is 5.82 Å². The van der Waals surface area contributed by atoms with Gasteiger partial charge in [0.05, 0.1) is 10.2 Å². The van der Waals surface area contributed by atoms with Crippen molar-refractivity contribution in [1.29, 1.82) is 0 Å². The van der Waals surface area contributed by atoms with E-state index in [4.69, 9.17) is 5.73 Å². The van der Waals surface area contributed by atoms with Gasteiger partial charge in [0.25, 0.3) is 0 Å². The fourth-order valence-electron chi connectivity index (χ4n) is 2.61. The fourth-order valence-corrected chi connectivity index (χ4v) is 3.40. The van der Waals surface area contributed by atoms with Crippen LogP contribution in [0.2, 0.25) is 0 Å². The predicted molar refractivity (Wildman–Crippen MR) is 76.0 cm³/mol. The summed E-state index contributed by atoms with van der Waals surface area (Å²) in [5.74, 6) is 0.786. The standard InChI is InChI=1S/C13H16N4OS/c14-12(18)8-1-3-9(4-2-8)17-13-11-10(5-6-19-11)15-7-16-13/h5-9H,1-4H2,(H2,14,18)(H,15,16,17). The lowest BCUT2D eigenvalue weighted by atomic mass is 9.85. The van der Waals surface area contributed by atoms with Crippen molar-refractivity contribution in [3.8, 4) is 0 Å². The van der Waals surface area contributed by atoms with E-state index in [1.54, 1.807) is 17.7 Å². The van der Waals surface area contributed by atoms with E-state index in [0.717, 1.165) is 41.7 Å². The van der Waals surface area contributed by atoms with E-state index in [2.05, 4.69) is 15.3 Å². The van der Waals surface area contributed by atoms with Crippen LogP contribution >= 0.6 is 11.3 Å². The normalized spacial score (nSPS) is 23.4. The van der Waals surface area contributed by atoms with Crippen molar-refractivity contribution in [2.75, 3.05) is 5.32 Å². The Morgan fingerprint density at radius 3 is 2.84 bits per heavy atom. The SMILES string of the molecule is NC(=O)C1CCC(Nc2ncnc3ccsc23)CC1. The number of hydrogen-bond donors (Lipinski definition) is 2. The molecule has 0 aliphatic heterocycles. The average Bonchev–Trinajstić information content (AvgIpc) is 2.89. The number of carbonyl (C=O) groups excluding carboxylic acids is 1. The van der Waals surface area contributed by atoms with Gasteiger partial charge in [-0.1, -0.05) is 0 Å². The van der Waals surface area contributed by atoms with Crippen LogP contribution in [-0.4, -0.2) is 21.9 Å². The highest BCUT2D eigenvalue weighted by atomic mass is 32.1. The second-order valence-corrected chi connectivity index (χ2v) is 5.87. The van der Waals surface area contributed by atoms with E-state index in [9.17, 15) is 4.79 Å². The van der Waals surface area contributed by atoms with E-state index in [1.807, 2.05) is 11.4 Å². The summed E-state index contributed by atoms with van der Waals surface area (Å²) in [6.07, 6.45) is 5.25. The molecule has 1 aliphatic rings. The fraction of sp³-hybridized carbons (Fsp3) is 0.462. The van der Waals surface area contributed by atoms with Gasteiger partial charge in [0.2, 0.25) is 5.91 Å². The maximum Gasteiger partial charge on any atom is 0.220 e. The molecule has 1 fully saturated rings. The van der Waals surface area contributed by atoms with Crippen LogP contribution in [0.5, 0.6) is 0 Å². The summed E-state index contributed by atoms with van der Waals surface area (Å²) >= 11 is 1.65. The first-order valence-electron chi connectivity index (χ1n) is 6.48. The number of anilines is 1. The summed E-state index contributed by atoms with van der Waals surface area (Å²) in [5.41, 5.74) is 6.33. The first-order valence-corrected chi connectivity index (χ1v) is 7.36. The van der Waals surface area contributed by atoms with Crippen LogP contribution in [-0.2, 0) is 4.79 Å². The Morgan fingerprint density at radius 2 is 2.11 bits per heavy atom. The van der Waals surface area contributed by atoms with Crippen molar-refractivity contribution >= 4 is 33.3 Å². The summed E-state index contributed by atoms with van der Waals surface area (Å²) in [6.45, 7) is 0. The van der Waals surface area contributed by atoms with E-state index in [-0.39, 0.29) is 11.8 Å². The number of carbonyl (C=O) groups is 1. The molecule has 100 valence electrons. The molecule has 0 bridgehead atoms. The third-order valence-electron chi connectivity index (χ3n) is 3.71. The summed E-state index contributed by atoms with van der Waals surface area (Å²) in [5, 5.41) is 5.50. The van der Waals surface area contributed by atoms with Crippen LogP contribution in [0, 0.1) is 5.92 Å². The molecule has 2 aromatic rings. The molecule has 1 saturated carbocycles. The van der Waals surface area contributed by atoms with E-state index in [1.165, 1.54) is 0 Å². The Morgan fingerprint density at radius 1 is 1.32 bits per heavy atom. The Labute approximate surface area is 115 Å². The molecule has 19 heavy (non-hydrogen) atoms. The molecule has 3 rings (SSSR count). The second kappa shape index (κ2) is 5.13. The first-order chi connectivity index (χ1) is 9.24. The van der Waals surface area contributed by atoms with Gasteiger partial charge >= 0.3 is 0 Å². The average molecular weight is 276 g/mol. The molecule has 2 heterocycles. The summed E-state index contributed by atoms with van der Waals surface area (Å²) in [6, 6.07) is 2.37. The van der Waals surface area contributed by atoms with Gasteiger partial charge in [0.15, 0.2) is 0 Å². The molecule has 0 radical (unpaired) electrons. The molecule has 0 atom stereocenters. The van der Waals surface area contributed by atoms with Crippen molar-refractivity contribution in [1.82, 2.24) is 9.97 Å². The molecule has 3 N–H and O–H groups in total. The van der Waals surface area contributed by atoms with Crippen molar-refractivity contribution < 1.29 is 4.79 Å². The molecule has 6 heteroatoms. The number of nitrogens with two attached hydrogens (primary N) is 1. The third-order valence-corrected chi connectivity index (χ3v) is 4.62. The smallest absolute Gasteiger partial charge is 0.220 e. The number of fused-ring (bicyclic) bond motifs is 1. The minimum absolute atomic E-state index is 0.0465. The molecular formula is C13H16N4OS. The second-order valence-electron chi connectivity index (χ2n) is 4.95. The summed E-state index contributed by atoms with van der Waals surface area (Å²) < 4.78 is 1.10. The van der Waals surface area contributed by atoms with Gasteiger partial charge in [-0.05, 0) is 37.1 Å². The lowest BCUT2D eigenvalue weighted by molar-refractivity contribution is -0.122. The molecule has 2 aromatic heterocycles. The number of rotatable bonds is 3. The highest BCUT2D eigenvalue weighted by molar-refractivity contribution is 7.17. The van der Waals surface area contributed by atoms with Gasteiger partial charge in [-0.15, -0.1) is 11.3 Å². The monoisotopic (exact) mass is 276 g/mol. The molecule has 0 unspecified atom stereocenters. The van der Waals surface area contributed by atoms with Gasteiger partial charge in [-0.25, -0.2) is 9.97 Å². The van der Waals surface area contributed by atoms with Gasteiger partial charge in [-0.2, -0.15) is 0 Å². The number of aromatic nitrogens is 2. The summed E-state index contributed by atoms with van der Waals surface area (Å²) in [4.78, 5) is 19.7. The van der Waals surface area contributed by atoms with Gasteiger partial charge < -0.3 is 11.1 Å². The molecule has 1 amide bonds. The Bertz CT molecular complexity index is 589. The van der Waals surface area contributed by atoms with E-state index >= 15 is 0 Å². The van der Waals surface area contributed by atoms with Gasteiger partial charge in [0, 0.05) is 12.0 Å². The highest BCUT2D eigenvalue weighted by Gasteiger charge is 2.25. The Balaban J connectivity index is 1.69. The number of hydrogen-bond acceptors (Lipinski definition) is 5. The number of amides is 1. The number of nitrogens with zero attached hydrogens (tertiary/aromatic N) is 2. The highest BCUT2D eigenvalue weighted by Crippen LogP contribution is 2.29. The maximum atomic E-state index is 11.1. The van der Waals surface area contributed by atoms with Gasteiger partial charge in [0.1, 0.15) is 12.1 Å². The molecular weight excluding hydrogens is 260 g/mol. The number of nitrogens with one attached hydrogen (secondary N) is 1. The molecule has 5 nitrogen and oxygen atoms in total. The van der Waals surface area contributed by atoms with Crippen molar-refractivity contribution in [3.63, 3.8) is 0 Å². The zero-order chi connectivity index (χ0) is 13.2. The number of primary amides is 1. The first kappa shape index (κ1) is 12.3. The minimum atomic E-state index is -0.166. The lowest BCUT2D eigenvalue weighted by Gasteiger charge is -2.27. The quantitative estimate of drug-likeness (QED) is 0.900. The van der Waals surface area contributed by atoms with Crippen LogP contribution in [0.1, 0.15) is 25.7 Å². The largest absolute Gasteiger partial charge is 0.369 e. The molecule has 0 spiro atoms. The minimum Gasteiger partial charge on any atom is -0.369 e. The molecule has 0 aromatic carbocycles. The van der Waals surface area contributed by atoms with Crippen molar-refractivity contribution in [2.24, 2.45) is 11.7 Å². The molecule has 0 saturated heterocycles. The van der Waals surface area contributed by atoms with Crippen LogP contribution < -0.4 is 11.1 Å². The van der Waals surface area contributed by atoms with E-state index in [0.29, 0.717) is 6.04 Å². The summed E-state index contributed by atoms with van der Waals surface area (Å²) in [7, 11) is 0. The maximum absolute atomic E-state index is 11.1. The van der Waals surface area contributed by atoms with Crippen LogP contribution in [0.3, 0.4) is 0 Å². The van der Waals surface area contributed by atoms with Crippen molar-refractivity contribution in [2.45, 2.75) is 31.7 Å².